The van der Waals surface area contributed by atoms with Crippen molar-refractivity contribution in [2.24, 2.45) is 0 Å². The minimum absolute atomic E-state index is 0.182. The highest BCUT2D eigenvalue weighted by molar-refractivity contribution is 5.90. The van der Waals surface area contributed by atoms with Gasteiger partial charge in [-0.15, -0.1) is 0 Å². The lowest BCUT2D eigenvalue weighted by atomic mass is 10.1. The number of rotatable bonds is 2. The largest absolute Gasteiger partial charge is 0.462 e. The van der Waals surface area contributed by atoms with Crippen LogP contribution in [0, 0.1) is 12.7 Å². The van der Waals surface area contributed by atoms with E-state index in [0.29, 0.717) is 0 Å². The smallest absolute Gasteiger partial charge is 0.340 e. The average molecular weight is 183 g/mol. The monoisotopic (exact) mass is 183 g/mol. The average Bonchev–Trinajstić information content (AvgIpc) is 2.10. The summed E-state index contributed by atoms with van der Waals surface area (Å²) in [5, 5.41) is 0. The minimum atomic E-state index is -0.535. The van der Waals surface area contributed by atoms with Crippen LogP contribution >= 0.6 is 0 Å². The van der Waals surface area contributed by atoms with Crippen LogP contribution in [0.15, 0.2) is 12.4 Å². The number of pyridine rings is 1. The number of halogens is 1. The number of esters is 1. The van der Waals surface area contributed by atoms with Crippen LogP contribution in [0.5, 0.6) is 0 Å². The molecule has 0 atom stereocenters. The molecule has 0 bridgehead atoms. The Morgan fingerprint density at radius 3 is 2.92 bits per heavy atom. The fourth-order valence-corrected chi connectivity index (χ4v) is 0.914. The highest BCUT2D eigenvalue weighted by atomic mass is 19.1. The first-order valence-electron chi connectivity index (χ1n) is 3.94. The molecule has 0 aromatic carbocycles. The van der Waals surface area contributed by atoms with Crippen LogP contribution in [-0.2, 0) is 4.74 Å². The summed E-state index contributed by atoms with van der Waals surface area (Å²) in [6.07, 6.45) is 2.37. The number of aromatic nitrogens is 1. The Kier molecular flexibility index (Phi) is 2.95. The molecule has 0 unspecified atom stereocenters. The second kappa shape index (κ2) is 3.98. The van der Waals surface area contributed by atoms with Crippen molar-refractivity contribution in [3.05, 3.63) is 29.3 Å². The molecule has 0 aliphatic rings. The molecule has 0 spiro atoms. The quantitative estimate of drug-likeness (QED) is 0.655. The summed E-state index contributed by atoms with van der Waals surface area (Å²) < 4.78 is 17.6. The fourth-order valence-electron chi connectivity index (χ4n) is 0.914. The maximum absolute atomic E-state index is 12.9. The number of nitrogens with zero attached hydrogens (tertiary/aromatic N) is 1. The van der Waals surface area contributed by atoms with Gasteiger partial charge >= 0.3 is 5.97 Å². The van der Waals surface area contributed by atoms with Crippen LogP contribution in [0.25, 0.3) is 0 Å². The molecule has 4 heteroatoms. The maximum Gasteiger partial charge on any atom is 0.340 e. The van der Waals surface area contributed by atoms with Gasteiger partial charge in [0.05, 0.1) is 18.4 Å². The van der Waals surface area contributed by atoms with E-state index in [4.69, 9.17) is 4.74 Å². The van der Waals surface area contributed by atoms with Crippen molar-refractivity contribution in [1.29, 1.82) is 0 Å². The SMILES string of the molecule is CCOC(=O)c1cncc(F)c1C. The van der Waals surface area contributed by atoms with E-state index in [1.54, 1.807) is 6.92 Å². The third-order valence-corrected chi connectivity index (χ3v) is 1.65. The predicted molar refractivity (Wildman–Crippen MR) is 44.9 cm³/mol. The molecule has 0 N–H and O–H groups in total. The van der Waals surface area contributed by atoms with Gasteiger partial charge in [0.1, 0.15) is 5.82 Å². The Bertz CT molecular complexity index is 325. The van der Waals surface area contributed by atoms with Gasteiger partial charge in [0.2, 0.25) is 0 Å². The molecule has 0 aliphatic carbocycles. The summed E-state index contributed by atoms with van der Waals surface area (Å²) in [6.45, 7) is 3.48. The lowest BCUT2D eigenvalue weighted by molar-refractivity contribution is 0.0524. The summed E-state index contributed by atoms with van der Waals surface area (Å²) in [7, 11) is 0. The summed E-state index contributed by atoms with van der Waals surface area (Å²) >= 11 is 0. The molecule has 0 radical (unpaired) electrons. The lowest BCUT2D eigenvalue weighted by Gasteiger charge is -2.04. The van der Waals surface area contributed by atoms with Gasteiger partial charge in [0.25, 0.3) is 0 Å². The molecule has 1 aromatic rings. The van der Waals surface area contributed by atoms with Crippen LogP contribution in [0.1, 0.15) is 22.8 Å². The Hall–Kier alpha value is -1.45. The Morgan fingerprint density at radius 2 is 2.31 bits per heavy atom. The van der Waals surface area contributed by atoms with Crippen molar-refractivity contribution in [2.75, 3.05) is 6.61 Å². The van der Waals surface area contributed by atoms with E-state index in [-0.39, 0.29) is 17.7 Å². The zero-order valence-electron chi connectivity index (χ0n) is 7.50. The first kappa shape index (κ1) is 9.64. The van der Waals surface area contributed by atoms with Gasteiger partial charge in [-0.05, 0) is 13.8 Å². The van der Waals surface area contributed by atoms with Crippen LogP contribution in [-0.4, -0.2) is 17.6 Å². The van der Waals surface area contributed by atoms with E-state index in [9.17, 15) is 9.18 Å². The van der Waals surface area contributed by atoms with Gasteiger partial charge in [-0.1, -0.05) is 0 Å². The third-order valence-electron chi connectivity index (χ3n) is 1.65. The molecule has 13 heavy (non-hydrogen) atoms. The van der Waals surface area contributed by atoms with Crippen LogP contribution < -0.4 is 0 Å². The molecule has 1 aromatic heterocycles. The van der Waals surface area contributed by atoms with Crippen molar-refractivity contribution in [1.82, 2.24) is 4.98 Å². The molecule has 70 valence electrons. The first-order valence-corrected chi connectivity index (χ1v) is 3.94. The minimum Gasteiger partial charge on any atom is -0.462 e. The van der Waals surface area contributed by atoms with Crippen LogP contribution in [0.3, 0.4) is 0 Å². The van der Waals surface area contributed by atoms with Crippen LogP contribution in [0.4, 0.5) is 4.39 Å². The topological polar surface area (TPSA) is 39.2 Å². The van der Waals surface area contributed by atoms with Crippen molar-refractivity contribution in [3.63, 3.8) is 0 Å². The molecule has 1 heterocycles. The Balaban J connectivity index is 3.01. The van der Waals surface area contributed by atoms with Gasteiger partial charge in [0.15, 0.2) is 0 Å². The first-order chi connectivity index (χ1) is 6.16. The van der Waals surface area contributed by atoms with E-state index in [0.717, 1.165) is 6.20 Å². The fraction of sp³-hybridized carbons (Fsp3) is 0.333. The number of hydrogen-bond donors (Lipinski definition) is 0. The predicted octanol–water partition coefficient (Wildman–Crippen LogP) is 1.71. The van der Waals surface area contributed by atoms with E-state index in [2.05, 4.69) is 4.98 Å². The summed E-state index contributed by atoms with van der Waals surface area (Å²) in [5.74, 6) is -1.03. The van der Waals surface area contributed by atoms with E-state index in [1.807, 2.05) is 0 Å². The second-order valence-electron chi connectivity index (χ2n) is 2.51. The zero-order chi connectivity index (χ0) is 9.84. The van der Waals surface area contributed by atoms with Gasteiger partial charge in [0, 0.05) is 11.8 Å². The number of ether oxygens (including phenoxy) is 1. The Labute approximate surface area is 75.6 Å². The van der Waals surface area contributed by atoms with Gasteiger partial charge in [-0.3, -0.25) is 4.98 Å². The van der Waals surface area contributed by atoms with Crippen molar-refractivity contribution in [2.45, 2.75) is 13.8 Å². The van der Waals surface area contributed by atoms with E-state index < -0.39 is 11.8 Å². The van der Waals surface area contributed by atoms with Gasteiger partial charge < -0.3 is 4.74 Å². The molecule has 0 amide bonds. The number of hydrogen-bond acceptors (Lipinski definition) is 3. The second-order valence-corrected chi connectivity index (χ2v) is 2.51. The summed E-state index contributed by atoms with van der Waals surface area (Å²) in [6, 6.07) is 0. The maximum atomic E-state index is 12.9. The third kappa shape index (κ3) is 2.02. The summed E-state index contributed by atoms with van der Waals surface area (Å²) in [4.78, 5) is 14.8. The van der Waals surface area contributed by atoms with E-state index >= 15 is 0 Å². The van der Waals surface area contributed by atoms with Gasteiger partial charge in [-0.25, -0.2) is 9.18 Å². The van der Waals surface area contributed by atoms with Crippen molar-refractivity contribution in [3.8, 4) is 0 Å². The molecular weight excluding hydrogens is 173 g/mol. The summed E-state index contributed by atoms with van der Waals surface area (Å²) in [5.41, 5.74) is 0.454. The molecule has 0 saturated carbocycles. The Morgan fingerprint density at radius 1 is 1.62 bits per heavy atom. The standard InChI is InChI=1S/C9H10FNO2/c1-3-13-9(12)7-4-11-5-8(10)6(7)2/h4-5H,3H2,1-2H3. The molecule has 1 rings (SSSR count). The van der Waals surface area contributed by atoms with Gasteiger partial charge in [-0.2, -0.15) is 0 Å². The highest BCUT2D eigenvalue weighted by Crippen LogP contribution is 2.11. The molecule has 0 aliphatic heterocycles. The molecule has 3 nitrogen and oxygen atoms in total. The molecule has 0 fully saturated rings. The van der Waals surface area contributed by atoms with Crippen molar-refractivity contribution < 1.29 is 13.9 Å². The normalized spacial score (nSPS) is 9.77. The highest BCUT2D eigenvalue weighted by Gasteiger charge is 2.12. The van der Waals surface area contributed by atoms with Crippen LogP contribution in [0.2, 0.25) is 0 Å². The van der Waals surface area contributed by atoms with E-state index in [1.165, 1.54) is 13.1 Å². The zero-order valence-corrected chi connectivity index (χ0v) is 7.50. The number of carbonyl (C=O) groups is 1. The number of carbonyl (C=O) groups excluding carboxylic acids is 1. The van der Waals surface area contributed by atoms with Crippen molar-refractivity contribution >= 4 is 5.97 Å². The molecular formula is C9H10FNO2. The molecule has 0 saturated heterocycles. The lowest BCUT2D eigenvalue weighted by Crippen LogP contribution is -2.08.